The van der Waals surface area contributed by atoms with Crippen LogP contribution >= 0.6 is 0 Å². The predicted octanol–water partition coefficient (Wildman–Crippen LogP) is 2.04. The molecular weight excluding hydrogens is 198 g/mol. The zero-order valence-electron chi connectivity index (χ0n) is 10.00. The van der Waals surface area contributed by atoms with Crippen LogP contribution in [-0.4, -0.2) is 17.7 Å². The van der Waals surface area contributed by atoms with Crippen LogP contribution < -0.4 is 5.32 Å². The second kappa shape index (κ2) is 5.46. The summed E-state index contributed by atoms with van der Waals surface area (Å²) in [7, 11) is 0. The van der Waals surface area contributed by atoms with Crippen LogP contribution in [0.3, 0.4) is 0 Å². The monoisotopic (exact) mass is 219 g/mol. The van der Waals surface area contributed by atoms with Gasteiger partial charge in [0.25, 0.3) is 0 Å². The lowest BCUT2D eigenvalue weighted by Gasteiger charge is -2.26. The maximum absolute atomic E-state index is 9.13. The minimum Gasteiger partial charge on any atom is -0.392 e. The van der Waals surface area contributed by atoms with Crippen molar-refractivity contribution in [3.63, 3.8) is 0 Å². The van der Waals surface area contributed by atoms with Crippen LogP contribution in [0.4, 0.5) is 0 Å². The normalized spacial score (nSPS) is 19.5. The fourth-order valence-corrected chi connectivity index (χ4v) is 2.43. The van der Waals surface area contributed by atoms with Crippen molar-refractivity contribution in [3.05, 3.63) is 34.9 Å². The van der Waals surface area contributed by atoms with Crippen LogP contribution in [0.25, 0.3) is 0 Å². The van der Waals surface area contributed by atoms with Crippen LogP contribution in [-0.2, 0) is 19.4 Å². The summed E-state index contributed by atoms with van der Waals surface area (Å²) in [5.41, 5.74) is 3.92. The van der Waals surface area contributed by atoms with Gasteiger partial charge in [0.15, 0.2) is 0 Å². The van der Waals surface area contributed by atoms with E-state index >= 15 is 0 Å². The topological polar surface area (TPSA) is 32.3 Å². The summed E-state index contributed by atoms with van der Waals surface area (Å²) >= 11 is 0. The zero-order chi connectivity index (χ0) is 11.4. The van der Waals surface area contributed by atoms with E-state index in [-0.39, 0.29) is 6.61 Å². The van der Waals surface area contributed by atoms with Gasteiger partial charge in [-0.15, -0.1) is 0 Å². The Hall–Kier alpha value is -0.860. The fourth-order valence-electron chi connectivity index (χ4n) is 2.43. The molecule has 0 aliphatic heterocycles. The van der Waals surface area contributed by atoms with E-state index in [9.17, 15) is 0 Å². The number of aryl methyl sites for hydroxylation is 1. The Balaban J connectivity index is 2.06. The van der Waals surface area contributed by atoms with Crippen molar-refractivity contribution >= 4 is 0 Å². The maximum Gasteiger partial charge on any atom is 0.0681 e. The van der Waals surface area contributed by atoms with Crippen LogP contribution in [0.2, 0.25) is 0 Å². The summed E-state index contributed by atoms with van der Waals surface area (Å²) in [6.07, 6.45) is 4.72. The first-order valence-electron chi connectivity index (χ1n) is 6.28. The molecule has 2 nitrogen and oxygen atoms in total. The smallest absolute Gasteiger partial charge is 0.0681 e. The molecule has 2 heteroatoms. The van der Waals surface area contributed by atoms with E-state index < -0.39 is 0 Å². The Morgan fingerprint density at radius 3 is 3.00 bits per heavy atom. The summed E-state index contributed by atoms with van der Waals surface area (Å²) in [5, 5.41) is 12.7. The molecule has 1 aromatic carbocycles. The van der Waals surface area contributed by atoms with Gasteiger partial charge in [0.2, 0.25) is 0 Å². The lowest BCUT2D eigenvalue weighted by atomic mass is 9.87. The largest absolute Gasteiger partial charge is 0.392 e. The van der Waals surface area contributed by atoms with Gasteiger partial charge in [-0.2, -0.15) is 0 Å². The highest BCUT2D eigenvalue weighted by molar-refractivity contribution is 5.34. The van der Waals surface area contributed by atoms with Crippen molar-refractivity contribution in [1.82, 2.24) is 5.32 Å². The predicted molar refractivity (Wildman–Crippen MR) is 66.5 cm³/mol. The van der Waals surface area contributed by atoms with E-state index in [1.54, 1.807) is 0 Å². The quantitative estimate of drug-likeness (QED) is 0.812. The number of aliphatic hydroxyl groups excluding tert-OH is 1. The van der Waals surface area contributed by atoms with Crippen LogP contribution in [0.5, 0.6) is 0 Å². The lowest BCUT2D eigenvalue weighted by Crippen LogP contribution is -2.35. The van der Waals surface area contributed by atoms with Crippen molar-refractivity contribution in [2.45, 2.75) is 45.3 Å². The van der Waals surface area contributed by atoms with Gasteiger partial charge < -0.3 is 10.4 Å². The minimum atomic E-state index is 0.153. The van der Waals surface area contributed by atoms with Gasteiger partial charge in [0, 0.05) is 6.04 Å². The Morgan fingerprint density at radius 1 is 1.38 bits per heavy atom. The number of fused-ring (bicyclic) bond motifs is 1. The molecular formula is C14H21NO. The average molecular weight is 219 g/mol. The standard InChI is InChI=1S/C14H21NO/c1-2-7-15-14-6-5-12-4-3-11(10-16)8-13(12)9-14/h3-4,8,14-16H,2,5-7,9-10H2,1H3. The molecule has 0 aromatic heterocycles. The van der Waals surface area contributed by atoms with Gasteiger partial charge in [0.05, 0.1) is 6.61 Å². The molecule has 0 amide bonds. The first kappa shape index (κ1) is 11.6. The van der Waals surface area contributed by atoms with Crippen molar-refractivity contribution in [3.8, 4) is 0 Å². The molecule has 0 fully saturated rings. The highest BCUT2D eigenvalue weighted by atomic mass is 16.3. The molecule has 1 aliphatic carbocycles. The molecule has 0 saturated carbocycles. The molecule has 1 atom stereocenters. The molecule has 0 spiro atoms. The van der Waals surface area contributed by atoms with Crippen LogP contribution in [0, 0.1) is 0 Å². The zero-order valence-corrected chi connectivity index (χ0v) is 10.00. The summed E-state index contributed by atoms with van der Waals surface area (Å²) in [6.45, 7) is 3.47. The Bertz CT molecular complexity index is 349. The van der Waals surface area contributed by atoms with Crippen molar-refractivity contribution in [2.75, 3.05) is 6.54 Å². The van der Waals surface area contributed by atoms with Crippen LogP contribution in [0.15, 0.2) is 18.2 Å². The number of benzene rings is 1. The first-order valence-corrected chi connectivity index (χ1v) is 6.28. The first-order chi connectivity index (χ1) is 7.83. The molecule has 2 rings (SSSR count). The van der Waals surface area contributed by atoms with E-state index in [1.165, 1.54) is 30.4 Å². The number of rotatable bonds is 4. The molecule has 0 saturated heterocycles. The summed E-state index contributed by atoms with van der Waals surface area (Å²) in [4.78, 5) is 0. The fraction of sp³-hybridized carbons (Fsp3) is 0.571. The Labute approximate surface area is 97.7 Å². The Kier molecular flexibility index (Phi) is 3.97. The second-order valence-corrected chi connectivity index (χ2v) is 4.66. The number of hydrogen-bond acceptors (Lipinski definition) is 2. The molecule has 16 heavy (non-hydrogen) atoms. The number of aliphatic hydroxyl groups is 1. The minimum absolute atomic E-state index is 0.153. The van der Waals surface area contributed by atoms with Gasteiger partial charge in [0.1, 0.15) is 0 Å². The highest BCUT2D eigenvalue weighted by Crippen LogP contribution is 2.22. The van der Waals surface area contributed by atoms with Crippen molar-refractivity contribution in [1.29, 1.82) is 0 Å². The lowest BCUT2D eigenvalue weighted by molar-refractivity contribution is 0.281. The van der Waals surface area contributed by atoms with E-state index in [0.717, 1.165) is 18.5 Å². The van der Waals surface area contributed by atoms with E-state index in [1.807, 2.05) is 6.07 Å². The molecule has 0 bridgehead atoms. The van der Waals surface area contributed by atoms with Gasteiger partial charge in [-0.3, -0.25) is 0 Å². The number of hydrogen-bond donors (Lipinski definition) is 2. The third-order valence-corrected chi connectivity index (χ3v) is 3.36. The summed E-state index contributed by atoms with van der Waals surface area (Å²) < 4.78 is 0. The van der Waals surface area contributed by atoms with E-state index in [0.29, 0.717) is 6.04 Å². The van der Waals surface area contributed by atoms with Gasteiger partial charge in [-0.25, -0.2) is 0 Å². The summed E-state index contributed by atoms with van der Waals surface area (Å²) in [5.74, 6) is 0. The molecule has 0 radical (unpaired) electrons. The SMILES string of the molecule is CCCNC1CCc2ccc(CO)cc2C1. The van der Waals surface area contributed by atoms with Gasteiger partial charge in [-0.05, 0) is 48.9 Å². The molecule has 1 aromatic rings. The molecule has 1 unspecified atom stereocenters. The summed E-state index contributed by atoms with van der Waals surface area (Å²) in [6, 6.07) is 7.01. The van der Waals surface area contributed by atoms with Gasteiger partial charge in [-0.1, -0.05) is 25.1 Å². The van der Waals surface area contributed by atoms with Crippen molar-refractivity contribution in [2.24, 2.45) is 0 Å². The van der Waals surface area contributed by atoms with E-state index in [2.05, 4.69) is 24.4 Å². The molecule has 88 valence electrons. The molecule has 2 N–H and O–H groups in total. The van der Waals surface area contributed by atoms with Crippen molar-refractivity contribution < 1.29 is 5.11 Å². The van der Waals surface area contributed by atoms with E-state index in [4.69, 9.17) is 5.11 Å². The Morgan fingerprint density at radius 2 is 2.25 bits per heavy atom. The number of nitrogens with one attached hydrogen (secondary N) is 1. The van der Waals surface area contributed by atoms with Crippen LogP contribution in [0.1, 0.15) is 36.5 Å². The average Bonchev–Trinajstić information content (AvgIpc) is 2.35. The molecule has 1 aliphatic rings. The highest BCUT2D eigenvalue weighted by Gasteiger charge is 2.17. The maximum atomic E-state index is 9.13. The van der Waals surface area contributed by atoms with Gasteiger partial charge >= 0.3 is 0 Å². The second-order valence-electron chi connectivity index (χ2n) is 4.66. The third-order valence-electron chi connectivity index (χ3n) is 3.36. The third kappa shape index (κ3) is 2.63. The molecule has 0 heterocycles.